The molecule has 0 bridgehead atoms. The van der Waals surface area contributed by atoms with E-state index in [2.05, 4.69) is 17.1 Å². The van der Waals surface area contributed by atoms with E-state index in [0.29, 0.717) is 6.41 Å². The molecule has 0 aromatic heterocycles. The monoisotopic (exact) mass is 152 g/mol. The Morgan fingerprint density at radius 2 is 2.45 bits per heavy atom. The Labute approximate surface area is 66.5 Å². The quantitative estimate of drug-likeness (QED) is 0.274. The summed E-state index contributed by atoms with van der Waals surface area (Å²) in [4.78, 5) is 9.78. The smallest absolute Gasteiger partial charge is 0.227 e. The second-order valence-corrected chi connectivity index (χ2v) is 1.93. The minimum atomic E-state index is 0.533. The minimum absolute atomic E-state index is 0.533. The Morgan fingerprint density at radius 1 is 1.73 bits per heavy atom. The van der Waals surface area contributed by atoms with Gasteiger partial charge in [-0.1, -0.05) is 12.2 Å². The molecule has 0 unspecified atom stereocenters. The van der Waals surface area contributed by atoms with Gasteiger partial charge in [-0.3, -0.25) is 4.79 Å². The summed E-state index contributed by atoms with van der Waals surface area (Å²) in [6.07, 6.45) is 6.87. The molecule has 0 aliphatic rings. The van der Waals surface area contributed by atoms with Gasteiger partial charge in [-0.05, 0) is 19.4 Å². The minimum Gasteiger partial charge on any atom is -0.277 e. The summed E-state index contributed by atoms with van der Waals surface area (Å²) in [7, 11) is 0. The molecule has 0 aromatic rings. The van der Waals surface area contributed by atoms with Crippen molar-refractivity contribution in [2.75, 3.05) is 0 Å². The van der Waals surface area contributed by atoms with Gasteiger partial charge in [0.25, 0.3) is 0 Å². The van der Waals surface area contributed by atoms with Crippen molar-refractivity contribution in [3.8, 4) is 0 Å². The van der Waals surface area contributed by atoms with Crippen molar-refractivity contribution >= 4 is 12.1 Å². The van der Waals surface area contributed by atoms with E-state index in [4.69, 9.17) is 0 Å². The third-order valence-corrected chi connectivity index (χ3v) is 0.955. The average molecular weight is 152 g/mol. The third kappa shape index (κ3) is 6.51. The van der Waals surface area contributed by atoms with Gasteiger partial charge >= 0.3 is 0 Å². The Hall–Kier alpha value is -1.38. The van der Waals surface area contributed by atoms with Crippen molar-refractivity contribution in [3.63, 3.8) is 0 Å². The first kappa shape index (κ1) is 9.62. The molecule has 3 heteroatoms. The Morgan fingerprint density at radius 3 is 3.00 bits per heavy atom. The highest BCUT2D eigenvalue weighted by Crippen LogP contribution is 1.84. The van der Waals surface area contributed by atoms with Crippen LogP contribution in [0, 0.1) is 0 Å². The molecular formula is C8H12N2O. The summed E-state index contributed by atoms with van der Waals surface area (Å²) in [5.41, 5.74) is 2.97. The van der Waals surface area contributed by atoms with E-state index >= 15 is 0 Å². The molecule has 0 radical (unpaired) electrons. The highest BCUT2D eigenvalue weighted by molar-refractivity contribution is 5.92. The van der Waals surface area contributed by atoms with Crippen molar-refractivity contribution < 1.29 is 4.79 Å². The van der Waals surface area contributed by atoms with Gasteiger partial charge in [0.1, 0.15) is 0 Å². The van der Waals surface area contributed by atoms with Crippen molar-refractivity contribution in [2.24, 2.45) is 5.10 Å². The number of amides is 1. The molecule has 0 saturated heterocycles. The van der Waals surface area contributed by atoms with Crippen molar-refractivity contribution in [1.82, 2.24) is 5.43 Å². The second-order valence-electron chi connectivity index (χ2n) is 1.93. The maximum absolute atomic E-state index is 9.78. The molecule has 0 aliphatic carbocycles. The molecule has 0 saturated carbocycles. The third-order valence-electron chi connectivity index (χ3n) is 0.955. The van der Waals surface area contributed by atoms with Gasteiger partial charge in [-0.2, -0.15) is 5.10 Å². The summed E-state index contributed by atoms with van der Waals surface area (Å²) in [6.45, 7) is 5.36. The van der Waals surface area contributed by atoms with E-state index in [1.54, 1.807) is 13.0 Å². The van der Waals surface area contributed by atoms with E-state index in [1.807, 2.05) is 12.2 Å². The zero-order chi connectivity index (χ0) is 8.53. The van der Waals surface area contributed by atoms with E-state index < -0.39 is 0 Å². The van der Waals surface area contributed by atoms with Crippen LogP contribution in [0.5, 0.6) is 0 Å². The van der Waals surface area contributed by atoms with Crippen LogP contribution >= 0.6 is 0 Å². The highest BCUT2D eigenvalue weighted by atomic mass is 16.1. The fourth-order valence-electron chi connectivity index (χ4n) is 0.500. The molecule has 0 fully saturated rings. The summed E-state index contributed by atoms with van der Waals surface area (Å²) >= 11 is 0. The summed E-state index contributed by atoms with van der Waals surface area (Å²) in [5.74, 6) is 0. The van der Waals surface area contributed by atoms with Crippen molar-refractivity contribution in [3.05, 3.63) is 24.8 Å². The summed E-state index contributed by atoms with van der Waals surface area (Å²) in [5, 5.41) is 3.69. The summed E-state index contributed by atoms with van der Waals surface area (Å²) in [6, 6.07) is 0. The van der Waals surface area contributed by atoms with Crippen LogP contribution in [0.3, 0.4) is 0 Å². The Balaban J connectivity index is 3.73. The number of hydrogen-bond donors (Lipinski definition) is 1. The first-order valence-corrected chi connectivity index (χ1v) is 3.32. The molecule has 0 atom stereocenters. The number of hydrogen-bond acceptors (Lipinski definition) is 2. The standard InChI is InChI=1S/C8H12N2O/c1-3-4-5-6-8(2)10-9-7-11/h3,5-7H,1,4H2,2H3,(H,9,11)/b6-5-,10-8-. The molecule has 60 valence electrons. The molecule has 1 amide bonds. The predicted octanol–water partition coefficient (Wildman–Crippen LogP) is 1.24. The number of nitrogens with zero attached hydrogens (tertiary/aromatic N) is 1. The van der Waals surface area contributed by atoms with Crippen LogP contribution < -0.4 is 5.43 Å². The molecule has 0 spiro atoms. The van der Waals surface area contributed by atoms with Gasteiger partial charge in [-0.15, -0.1) is 6.58 Å². The van der Waals surface area contributed by atoms with Crippen LogP contribution in [0.25, 0.3) is 0 Å². The fourth-order valence-corrected chi connectivity index (χ4v) is 0.500. The predicted molar refractivity (Wildman–Crippen MR) is 46.3 cm³/mol. The van der Waals surface area contributed by atoms with Gasteiger partial charge < -0.3 is 0 Å². The number of hydrazone groups is 1. The highest BCUT2D eigenvalue weighted by Gasteiger charge is 1.79. The SMILES string of the molecule is C=CC/C=C\C(C)=N/NC=O. The van der Waals surface area contributed by atoms with Crippen LogP contribution in [-0.2, 0) is 4.79 Å². The maximum Gasteiger partial charge on any atom is 0.227 e. The molecule has 0 aliphatic heterocycles. The number of rotatable bonds is 5. The Kier molecular flexibility index (Phi) is 5.89. The lowest BCUT2D eigenvalue weighted by Crippen LogP contribution is -2.03. The van der Waals surface area contributed by atoms with Crippen LogP contribution in [-0.4, -0.2) is 12.1 Å². The van der Waals surface area contributed by atoms with Gasteiger partial charge in [0, 0.05) is 0 Å². The zero-order valence-corrected chi connectivity index (χ0v) is 6.58. The van der Waals surface area contributed by atoms with Gasteiger partial charge in [0.05, 0.1) is 5.71 Å². The maximum atomic E-state index is 9.78. The van der Waals surface area contributed by atoms with E-state index in [-0.39, 0.29) is 0 Å². The van der Waals surface area contributed by atoms with Gasteiger partial charge in [0.2, 0.25) is 6.41 Å². The number of allylic oxidation sites excluding steroid dienone is 3. The number of carbonyl (C=O) groups excluding carboxylic acids is 1. The number of carbonyl (C=O) groups is 1. The second kappa shape index (κ2) is 6.74. The fraction of sp³-hybridized carbons (Fsp3) is 0.250. The van der Waals surface area contributed by atoms with Crippen LogP contribution in [0.1, 0.15) is 13.3 Å². The van der Waals surface area contributed by atoms with E-state index in [0.717, 1.165) is 12.1 Å². The molecule has 3 nitrogen and oxygen atoms in total. The first-order valence-electron chi connectivity index (χ1n) is 3.32. The largest absolute Gasteiger partial charge is 0.277 e. The van der Waals surface area contributed by atoms with Crippen LogP contribution in [0.4, 0.5) is 0 Å². The molecule has 0 heterocycles. The normalized spacial score (nSPS) is 11.5. The van der Waals surface area contributed by atoms with Crippen molar-refractivity contribution in [1.29, 1.82) is 0 Å². The average Bonchev–Trinajstić information content (AvgIpc) is 2.01. The topological polar surface area (TPSA) is 41.5 Å². The molecular weight excluding hydrogens is 140 g/mol. The summed E-state index contributed by atoms with van der Waals surface area (Å²) < 4.78 is 0. The number of nitrogens with one attached hydrogen (secondary N) is 1. The van der Waals surface area contributed by atoms with Gasteiger partial charge in [-0.25, -0.2) is 5.43 Å². The van der Waals surface area contributed by atoms with E-state index in [9.17, 15) is 4.79 Å². The van der Waals surface area contributed by atoms with Crippen LogP contribution in [0.15, 0.2) is 29.9 Å². The zero-order valence-electron chi connectivity index (χ0n) is 6.58. The molecule has 1 N–H and O–H groups in total. The first-order chi connectivity index (χ1) is 5.31. The van der Waals surface area contributed by atoms with E-state index in [1.165, 1.54) is 0 Å². The molecule has 0 aromatic carbocycles. The lowest BCUT2D eigenvalue weighted by Gasteiger charge is -1.88. The lowest BCUT2D eigenvalue weighted by molar-refractivity contribution is -0.109. The lowest BCUT2D eigenvalue weighted by atomic mass is 10.3. The molecule has 0 rings (SSSR count). The van der Waals surface area contributed by atoms with Crippen LogP contribution in [0.2, 0.25) is 0 Å². The van der Waals surface area contributed by atoms with Crippen molar-refractivity contribution in [2.45, 2.75) is 13.3 Å². The Bertz CT molecular complexity index is 183. The molecule has 11 heavy (non-hydrogen) atoms. The van der Waals surface area contributed by atoms with Gasteiger partial charge in [0.15, 0.2) is 0 Å².